The van der Waals surface area contributed by atoms with Crippen molar-refractivity contribution in [1.82, 2.24) is 0 Å². The normalized spacial score (nSPS) is 35.9. The summed E-state index contributed by atoms with van der Waals surface area (Å²) in [6.45, 7) is 4.23. The predicted molar refractivity (Wildman–Crippen MR) is 68.8 cm³/mol. The molecule has 17 heavy (non-hydrogen) atoms. The van der Waals surface area contributed by atoms with E-state index in [-0.39, 0.29) is 5.92 Å². The highest BCUT2D eigenvalue weighted by molar-refractivity contribution is 5.39. The maximum absolute atomic E-state index is 10.8. The monoisotopic (exact) mass is 234 g/mol. The Kier molecular flexibility index (Phi) is 3.28. The Labute approximate surface area is 104 Å². The van der Waals surface area contributed by atoms with Crippen molar-refractivity contribution >= 4 is 0 Å². The van der Waals surface area contributed by atoms with Gasteiger partial charge >= 0.3 is 0 Å². The SMILES string of the molecule is CCC[C@]1(O)[C@@H](CC)[C@]1(OC)c1ccccc1. The summed E-state index contributed by atoms with van der Waals surface area (Å²) in [6.07, 6.45) is 2.72. The van der Waals surface area contributed by atoms with Gasteiger partial charge in [0.1, 0.15) is 11.2 Å². The zero-order valence-electron chi connectivity index (χ0n) is 10.9. The van der Waals surface area contributed by atoms with Gasteiger partial charge in [-0.3, -0.25) is 0 Å². The molecular weight excluding hydrogens is 212 g/mol. The van der Waals surface area contributed by atoms with Crippen LogP contribution in [0.5, 0.6) is 0 Å². The number of methoxy groups -OCH3 is 1. The second-order valence-corrected chi connectivity index (χ2v) is 4.94. The highest BCUT2D eigenvalue weighted by Gasteiger charge is 2.76. The molecule has 1 fully saturated rings. The van der Waals surface area contributed by atoms with Crippen LogP contribution in [-0.2, 0) is 10.3 Å². The molecule has 1 aliphatic rings. The van der Waals surface area contributed by atoms with Crippen LogP contribution in [-0.4, -0.2) is 17.8 Å². The molecule has 94 valence electrons. The molecule has 0 heterocycles. The maximum Gasteiger partial charge on any atom is 0.127 e. The van der Waals surface area contributed by atoms with Gasteiger partial charge in [-0.25, -0.2) is 0 Å². The average molecular weight is 234 g/mol. The minimum Gasteiger partial charge on any atom is -0.386 e. The lowest BCUT2D eigenvalue weighted by atomic mass is 10.0. The van der Waals surface area contributed by atoms with Gasteiger partial charge in [0.2, 0.25) is 0 Å². The van der Waals surface area contributed by atoms with Crippen molar-refractivity contribution in [2.75, 3.05) is 7.11 Å². The molecular formula is C15H22O2. The number of rotatable bonds is 5. The van der Waals surface area contributed by atoms with Gasteiger partial charge in [0.25, 0.3) is 0 Å². The van der Waals surface area contributed by atoms with Crippen LogP contribution in [0.25, 0.3) is 0 Å². The molecule has 2 rings (SSSR count). The minimum atomic E-state index is -0.688. The van der Waals surface area contributed by atoms with E-state index < -0.39 is 11.2 Å². The molecule has 1 saturated carbocycles. The van der Waals surface area contributed by atoms with E-state index in [9.17, 15) is 5.11 Å². The molecule has 1 aliphatic carbocycles. The third kappa shape index (κ3) is 1.54. The topological polar surface area (TPSA) is 29.5 Å². The fourth-order valence-electron chi connectivity index (χ4n) is 3.51. The molecule has 3 atom stereocenters. The van der Waals surface area contributed by atoms with Gasteiger partial charge in [-0.15, -0.1) is 0 Å². The molecule has 0 aliphatic heterocycles. The molecule has 1 aromatic rings. The van der Waals surface area contributed by atoms with Gasteiger partial charge in [-0.2, -0.15) is 0 Å². The largest absolute Gasteiger partial charge is 0.386 e. The Morgan fingerprint density at radius 3 is 2.35 bits per heavy atom. The van der Waals surface area contributed by atoms with Crippen LogP contribution in [0.4, 0.5) is 0 Å². The Bertz CT molecular complexity index is 376. The van der Waals surface area contributed by atoms with E-state index in [1.165, 1.54) is 0 Å². The lowest BCUT2D eigenvalue weighted by molar-refractivity contribution is -0.0195. The molecule has 0 saturated heterocycles. The van der Waals surface area contributed by atoms with E-state index in [1.807, 2.05) is 18.2 Å². The fraction of sp³-hybridized carbons (Fsp3) is 0.600. The summed E-state index contributed by atoms with van der Waals surface area (Å²) >= 11 is 0. The van der Waals surface area contributed by atoms with Crippen molar-refractivity contribution in [3.63, 3.8) is 0 Å². The van der Waals surface area contributed by atoms with Crippen LogP contribution >= 0.6 is 0 Å². The third-order valence-electron chi connectivity index (χ3n) is 4.19. The highest BCUT2D eigenvalue weighted by atomic mass is 16.5. The second kappa shape index (κ2) is 4.43. The van der Waals surface area contributed by atoms with Gasteiger partial charge in [0, 0.05) is 13.0 Å². The van der Waals surface area contributed by atoms with E-state index >= 15 is 0 Å². The standard InChI is InChI=1S/C15H22O2/c1-4-11-14(16)13(5-2)15(14,17-3)12-9-7-6-8-10-12/h6-10,13,16H,4-5,11H2,1-3H3/t13-,14+,15-/m1/s1. The van der Waals surface area contributed by atoms with Gasteiger partial charge < -0.3 is 9.84 Å². The van der Waals surface area contributed by atoms with Crippen molar-refractivity contribution in [1.29, 1.82) is 0 Å². The van der Waals surface area contributed by atoms with E-state index in [2.05, 4.69) is 26.0 Å². The molecule has 0 spiro atoms. The summed E-state index contributed by atoms with van der Waals surface area (Å²) in [4.78, 5) is 0. The number of hydrogen-bond acceptors (Lipinski definition) is 2. The average Bonchev–Trinajstić information content (AvgIpc) is 2.90. The molecule has 2 heteroatoms. The zero-order chi connectivity index (χ0) is 12.5. The Morgan fingerprint density at radius 2 is 1.88 bits per heavy atom. The number of ether oxygens (including phenoxy) is 1. The summed E-state index contributed by atoms with van der Waals surface area (Å²) in [6, 6.07) is 10.1. The van der Waals surface area contributed by atoms with Crippen molar-refractivity contribution < 1.29 is 9.84 Å². The van der Waals surface area contributed by atoms with E-state index in [0.29, 0.717) is 0 Å². The van der Waals surface area contributed by atoms with Crippen molar-refractivity contribution in [3.8, 4) is 0 Å². The molecule has 1 aromatic carbocycles. The summed E-state index contributed by atoms with van der Waals surface area (Å²) in [5, 5.41) is 10.8. The Morgan fingerprint density at radius 1 is 1.24 bits per heavy atom. The van der Waals surface area contributed by atoms with Gasteiger partial charge in [-0.1, -0.05) is 50.6 Å². The zero-order valence-corrected chi connectivity index (χ0v) is 10.9. The number of hydrogen-bond donors (Lipinski definition) is 1. The Hall–Kier alpha value is -0.860. The van der Waals surface area contributed by atoms with E-state index in [1.54, 1.807) is 7.11 Å². The highest BCUT2D eigenvalue weighted by Crippen LogP contribution is 2.66. The third-order valence-corrected chi connectivity index (χ3v) is 4.19. The molecule has 1 N–H and O–H groups in total. The van der Waals surface area contributed by atoms with E-state index in [4.69, 9.17) is 4.74 Å². The number of benzene rings is 1. The molecule has 0 unspecified atom stereocenters. The maximum atomic E-state index is 10.8. The molecule has 2 nitrogen and oxygen atoms in total. The first-order valence-electron chi connectivity index (χ1n) is 6.50. The van der Waals surface area contributed by atoms with Crippen LogP contribution in [0.1, 0.15) is 38.7 Å². The summed E-state index contributed by atoms with van der Waals surface area (Å²) in [5.74, 6) is 0.211. The molecule has 0 radical (unpaired) electrons. The predicted octanol–water partition coefficient (Wildman–Crippen LogP) is 3.10. The first-order valence-corrected chi connectivity index (χ1v) is 6.50. The summed E-state index contributed by atoms with van der Waals surface area (Å²) in [7, 11) is 1.71. The lowest BCUT2D eigenvalue weighted by Crippen LogP contribution is -2.25. The quantitative estimate of drug-likeness (QED) is 0.848. The number of aliphatic hydroxyl groups is 1. The minimum absolute atomic E-state index is 0.211. The van der Waals surface area contributed by atoms with Gasteiger partial charge in [0.05, 0.1) is 0 Å². The van der Waals surface area contributed by atoms with E-state index in [0.717, 1.165) is 24.8 Å². The molecule has 0 bridgehead atoms. The fourth-order valence-corrected chi connectivity index (χ4v) is 3.51. The first-order chi connectivity index (χ1) is 8.17. The van der Waals surface area contributed by atoms with Crippen LogP contribution < -0.4 is 0 Å². The van der Waals surface area contributed by atoms with Crippen molar-refractivity contribution in [3.05, 3.63) is 35.9 Å². The van der Waals surface area contributed by atoms with Crippen LogP contribution in [0, 0.1) is 5.92 Å². The van der Waals surface area contributed by atoms with Crippen molar-refractivity contribution in [2.45, 2.75) is 44.3 Å². The van der Waals surface area contributed by atoms with Gasteiger partial charge in [0.15, 0.2) is 0 Å². The first kappa shape index (κ1) is 12.6. The van der Waals surface area contributed by atoms with Crippen LogP contribution in [0.15, 0.2) is 30.3 Å². The summed E-state index contributed by atoms with van der Waals surface area (Å²) < 4.78 is 5.76. The molecule has 0 aromatic heterocycles. The lowest BCUT2D eigenvalue weighted by Gasteiger charge is -2.20. The van der Waals surface area contributed by atoms with Crippen LogP contribution in [0.2, 0.25) is 0 Å². The van der Waals surface area contributed by atoms with Crippen LogP contribution in [0.3, 0.4) is 0 Å². The second-order valence-electron chi connectivity index (χ2n) is 4.94. The Balaban J connectivity index is 2.39. The smallest absolute Gasteiger partial charge is 0.127 e. The van der Waals surface area contributed by atoms with Crippen molar-refractivity contribution in [2.24, 2.45) is 5.92 Å². The van der Waals surface area contributed by atoms with Gasteiger partial charge in [-0.05, 0) is 18.4 Å². The summed E-state index contributed by atoms with van der Waals surface area (Å²) in [5.41, 5.74) is -0.0728. The molecule has 0 amide bonds.